The molecule has 3 rings (SSSR count). The minimum Gasteiger partial charge on any atom is -0.471 e. The molecule has 23 heavy (non-hydrogen) atoms. The molecular weight excluding hydrogens is 301 g/mol. The Balaban J connectivity index is 1.89. The van der Waals surface area contributed by atoms with Crippen LogP contribution in [0.4, 0.5) is 4.39 Å². The quantitative estimate of drug-likeness (QED) is 0.867. The fraction of sp³-hybridized carbons (Fsp3) is 0.400. The third kappa shape index (κ3) is 3.31. The first-order valence-electron chi connectivity index (χ1n) is 7.37. The smallest absolute Gasteiger partial charge is 0.254 e. The van der Waals surface area contributed by atoms with Gasteiger partial charge in [-0.15, -0.1) is 0 Å². The average Bonchev–Trinajstić information content (AvgIpc) is 2.96. The number of pyridine rings is 1. The van der Waals surface area contributed by atoms with Gasteiger partial charge in [0.2, 0.25) is 5.88 Å². The molecule has 1 aliphatic rings. The molecule has 2 aromatic rings. The van der Waals surface area contributed by atoms with Crippen LogP contribution in [0.3, 0.4) is 0 Å². The number of carbonyl (C=O) groups excluding carboxylic acids is 1. The van der Waals surface area contributed by atoms with Crippen LogP contribution in [-0.2, 0) is 0 Å². The number of hydrogen-bond donors (Lipinski definition) is 2. The first kappa shape index (κ1) is 15.4. The molecular formula is C15H18FN5O2. The molecule has 2 aromatic heterocycles. The van der Waals surface area contributed by atoms with Crippen molar-refractivity contribution in [3.8, 4) is 11.6 Å². The number of imidazole rings is 1. The Kier molecular flexibility index (Phi) is 4.24. The Labute approximate surface area is 132 Å². The number of aryl methyl sites for hydroxylation is 1. The second-order valence-corrected chi connectivity index (χ2v) is 5.50. The number of nitrogens with one attached hydrogen (secondary N) is 1. The van der Waals surface area contributed by atoms with Gasteiger partial charge in [0.05, 0.1) is 23.9 Å². The third-order valence-electron chi connectivity index (χ3n) is 3.72. The first-order valence-corrected chi connectivity index (χ1v) is 7.37. The summed E-state index contributed by atoms with van der Waals surface area (Å²) in [5.74, 6) is -0.608. The van der Waals surface area contributed by atoms with E-state index in [9.17, 15) is 9.18 Å². The monoisotopic (exact) mass is 319 g/mol. The van der Waals surface area contributed by atoms with Crippen LogP contribution in [0.5, 0.6) is 5.88 Å². The van der Waals surface area contributed by atoms with Crippen LogP contribution in [0, 0.1) is 6.92 Å². The summed E-state index contributed by atoms with van der Waals surface area (Å²) >= 11 is 0. The van der Waals surface area contributed by atoms with Gasteiger partial charge < -0.3 is 20.4 Å². The predicted molar refractivity (Wildman–Crippen MR) is 81.4 cm³/mol. The number of carbonyl (C=O) groups is 1. The predicted octanol–water partition coefficient (Wildman–Crippen LogP) is 0.753. The summed E-state index contributed by atoms with van der Waals surface area (Å²) in [6, 6.07) is 1.57. The molecule has 3 N–H and O–H groups in total. The van der Waals surface area contributed by atoms with E-state index < -0.39 is 18.2 Å². The molecule has 0 unspecified atom stereocenters. The van der Waals surface area contributed by atoms with Gasteiger partial charge in [0.25, 0.3) is 5.91 Å². The van der Waals surface area contributed by atoms with Crippen molar-refractivity contribution >= 4 is 5.91 Å². The molecule has 0 saturated carbocycles. The van der Waals surface area contributed by atoms with Crippen LogP contribution in [0.1, 0.15) is 22.5 Å². The maximum absolute atomic E-state index is 13.9. The van der Waals surface area contributed by atoms with Gasteiger partial charge in [-0.1, -0.05) is 0 Å². The summed E-state index contributed by atoms with van der Waals surface area (Å²) in [4.78, 5) is 20.0. The van der Waals surface area contributed by atoms with Crippen molar-refractivity contribution in [2.45, 2.75) is 25.6 Å². The Morgan fingerprint density at radius 2 is 2.35 bits per heavy atom. The van der Waals surface area contributed by atoms with Gasteiger partial charge in [-0.05, 0) is 26.0 Å². The molecule has 2 atom stereocenters. The van der Waals surface area contributed by atoms with Crippen LogP contribution >= 0.6 is 0 Å². The van der Waals surface area contributed by atoms with Gasteiger partial charge in [0.1, 0.15) is 17.8 Å². The molecule has 1 fully saturated rings. The van der Waals surface area contributed by atoms with E-state index in [2.05, 4.69) is 15.3 Å². The molecule has 0 spiro atoms. The van der Waals surface area contributed by atoms with E-state index >= 15 is 0 Å². The molecule has 0 aliphatic carbocycles. The number of aromatic nitrogens is 3. The zero-order valence-corrected chi connectivity index (χ0v) is 12.7. The van der Waals surface area contributed by atoms with E-state index in [1.165, 1.54) is 6.20 Å². The highest BCUT2D eigenvalue weighted by molar-refractivity contribution is 5.95. The summed E-state index contributed by atoms with van der Waals surface area (Å²) in [6.45, 7) is 2.74. The highest BCUT2D eigenvalue weighted by atomic mass is 19.1. The van der Waals surface area contributed by atoms with Crippen LogP contribution in [0.25, 0.3) is 5.69 Å². The lowest BCUT2D eigenvalue weighted by molar-refractivity contribution is 0.0676. The van der Waals surface area contributed by atoms with Gasteiger partial charge >= 0.3 is 0 Å². The first-order chi connectivity index (χ1) is 11.0. The Hall–Kier alpha value is -2.48. The van der Waals surface area contributed by atoms with Gasteiger partial charge in [-0.3, -0.25) is 4.79 Å². The number of nitrogens with two attached hydrogens (primary N) is 1. The van der Waals surface area contributed by atoms with Crippen LogP contribution in [0.15, 0.2) is 24.8 Å². The standard InChI is InChI=1S/C15H18FN5O2/c1-9-7-21(8-20-9)10-4-11(14(17)22)15(19-5-10)23-13-2-3-18-6-12(13)16/h4-5,7-8,12-13,18H,2-3,6H2,1H3,(H2,17,22)/t12-,13-/m1/s1. The lowest BCUT2D eigenvalue weighted by Gasteiger charge is -2.27. The number of piperidine rings is 1. The maximum Gasteiger partial charge on any atom is 0.254 e. The Bertz CT molecular complexity index is 718. The summed E-state index contributed by atoms with van der Waals surface area (Å²) in [5, 5.41) is 2.94. The van der Waals surface area contributed by atoms with Crippen molar-refractivity contribution in [1.29, 1.82) is 0 Å². The second-order valence-electron chi connectivity index (χ2n) is 5.50. The molecule has 1 amide bonds. The van der Waals surface area contributed by atoms with Crippen LogP contribution < -0.4 is 15.8 Å². The summed E-state index contributed by atoms with van der Waals surface area (Å²) in [7, 11) is 0. The van der Waals surface area contributed by atoms with Gasteiger partial charge in [0.15, 0.2) is 0 Å². The summed E-state index contributed by atoms with van der Waals surface area (Å²) in [6.07, 6.45) is 3.67. The fourth-order valence-corrected chi connectivity index (χ4v) is 2.49. The van der Waals surface area contributed by atoms with E-state index in [1.807, 2.05) is 6.92 Å². The third-order valence-corrected chi connectivity index (χ3v) is 3.72. The largest absolute Gasteiger partial charge is 0.471 e. The molecule has 3 heterocycles. The van der Waals surface area contributed by atoms with Crippen molar-refractivity contribution in [3.63, 3.8) is 0 Å². The van der Waals surface area contributed by atoms with Crippen molar-refractivity contribution < 1.29 is 13.9 Å². The topological polar surface area (TPSA) is 95.1 Å². The lowest BCUT2D eigenvalue weighted by Crippen LogP contribution is -2.44. The molecule has 0 aromatic carbocycles. The maximum atomic E-state index is 13.9. The van der Waals surface area contributed by atoms with Crippen molar-refractivity contribution in [2.24, 2.45) is 5.73 Å². The number of primary amides is 1. The number of rotatable bonds is 4. The number of alkyl halides is 1. The highest BCUT2D eigenvalue weighted by Gasteiger charge is 2.28. The summed E-state index contributed by atoms with van der Waals surface area (Å²) < 4.78 is 21.2. The molecule has 0 bridgehead atoms. The number of ether oxygens (including phenoxy) is 1. The van der Waals surface area contributed by atoms with E-state index in [1.54, 1.807) is 23.2 Å². The zero-order valence-electron chi connectivity index (χ0n) is 12.7. The number of hydrogen-bond acceptors (Lipinski definition) is 5. The minimum atomic E-state index is -1.15. The van der Waals surface area contributed by atoms with E-state index in [0.717, 1.165) is 5.69 Å². The van der Waals surface area contributed by atoms with Crippen molar-refractivity contribution in [2.75, 3.05) is 13.1 Å². The van der Waals surface area contributed by atoms with Crippen LogP contribution in [0.2, 0.25) is 0 Å². The fourth-order valence-electron chi connectivity index (χ4n) is 2.49. The SMILES string of the molecule is Cc1cn(-c2cnc(O[C@@H]3CCNC[C@H]3F)c(C(N)=O)c2)cn1. The van der Waals surface area contributed by atoms with E-state index in [4.69, 9.17) is 10.5 Å². The van der Waals surface area contributed by atoms with Gasteiger partial charge in [-0.2, -0.15) is 0 Å². The van der Waals surface area contributed by atoms with Gasteiger partial charge in [0, 0.05) is 12.7 Å². The Morgan fingerprint density at radius 3 is 3.00 bits per heavy atom. The van der Waals surface area contributed by atoms with E-state index in [-0.39, 0.29) is 18.0 Å². The Morgan fingerprint density at radius 1 is 1.52 bits per heavy atom. The molecule has 7 nitrogen and oxygen atoms in total. The molecule has 1 saturated heterocycles. The second kappa shape index (κ2) is 6.33. The van der Waals surface area contributed by atoms with Crippen LogP contribution in [-0.4, -0.2) is 45.8 Å². The van der Waals surface area contributed by atoms with Crippen molar-refractivity contribution in [3.05, 3.63) is 36.0 Å². The molecule has 8 heteroatoms. The lowest BCUT2D eigenvalue weighted by atomic mass is 10.1. The van der Waals surface area contributed by atoms with Gasteiger partial charge in [-0.25, -0.2) is 14.4 Å². The zero-order chi connectivity index (χ0) is 16.4. The normalized spacial score (nSPS) is 21.1. The summed E-state index contributed by atoms with van der Waals surface area (Å²) in [5.41, 5.74) is 7.01. The van der Waals surface area contributed by atoms with Crippen molar-refractivity contribution in [1.82, 2.24) is 19.9 Å². The number of amides is 1. The highest BCUT2D eigenvalue weighted by Crippen LogP contribution is 2.23. The molecule has 122 valence electrons. The minimum absolute atomic E-state index is 0.0626. The average molecular weight is 319 g/mol. The number of nitrogens with zero attached hydrogens (tertiary/aromatic N) is 3. The number of halogens is 1. The molecule has 0 radical (unpaired) electrons. The molecule has 1 aliphatic heterocycles. The van der Waals surface area contributed by atoms with E-state index in [0.29, 0.717) is 18.7 Å².